The largest absolute Gasteiger partial charge is 0.493 e. The van der Waals surface area contributed by atoms with Gasteiger partial charge in [0, 0.05) is 5.56 Å². The summed E-state index contributed by atoms with van der Waals surface area (Å²) in [5, 5.41) is 11.0. The van der Waals surface area contributed by atoms with Crippen molar-refractivity contribution >= 4 is 46.6 Å². The minimum Gasteiger partial charge on any atom is -0.493 e. The maximum absolute atomic E-state index is 12.3. The molecule has 212 valence electrons. The molecule has 0 aliphatic rings. The second kappa shape index (κ2) is 12.3. The first kappa shape index (κ1) is 28.8. The summed E-state index contributed by atoms with van der Waals surface area (Å²) in [7, 11) is 0. The molecule has 4 rings (SSSR count). The van der Waals surface area contributed by atoms with E-state index in [4.69, 9.17) is 47.6 Å². The van der Waals surface area contributed by atoms with E-state index >= 15 is 0 Å². The molecule has 40 heavy (non-hydrogen) atoms. The molecule has 0 saturated heterocycles. The molecule has 0 aliphatic heterocycles. The van der Waals surface area contributed by atoms with Crippen LogP contribution in [0.25, 0.3) is 11.2 Å². The number of hydrogen-bond acceptors (Lipinski definition) is 11. The Labute approximate surface area is 238 Å². The zero-order valence-corrected chi connectivity index (χ0v) is 23.3. The molecule has 0 saturated carbocycles. The number of nitrogens with one attached hydrogen (secondary N) is 1. The van der Waals surface area contributed by atoms with Gasteiger partial charge in [0.1, 0.15) is 23.7 Å². The highest BCUT2D eigenvalue weighted by Gasteiger charge is 2.24. The number of aromatic nitrogens is 6. The molecule has 1 atom stereocenters. The third-order valence-corrected chi connectivity index (χ3v) is 6.15. The number of alkyl carbamates (subject to hydrolysis) is 1. The van der Waals surface area contributed by atoms with E-state index < -0.39 is 23.8 Å². The Bertz CT molecular complexity index is 1490. The van der Waals surface area contributed by atoms with Crippen molar-refractivity contribution < 1.29 is 28.2 Å². The Balaban J connectivity index is 1.46. The van der Waals surface area contributed by atoms with Crippen molar-refractivity contribution in [1.29, 1.82) is 0 Å². The average Bonchev–Trinajstić information content (AvgIpc) is 3.55. The van der Waals surface area contributed by atoms with Gasteiger partial charge in [-0.05, 0) is 45.7 Å². The zero-order chi connectivity index (χ0) is 28.9. The lowest BCUT2D eigenvalue weighted by Crippen LogP contribution is -2.35. The predicted molar refractivity (Wildman–Crippen MR) is 142 cm³/mol. The Morgan fingerprint density at radius 3 is 2.70 bits per heavy atom. The standard InChI is InChI=1S/C24H26Cl2N8O6/c1-24(2,3)40-23(36)32-15(20-33-31-12-38-20)5-4-8-37-16-7-6-14(25)17(26)13(16)9-34-11-30-18-19(34)28-10-29-21(18)39-22(27)35/h6-7,10-12,15H,4-5,8-9H2,1-3H3,(H2,27,35)(H,32,36). The van der Waals surface area contributed by atoms with Crippen LogP contribution in [0.5, 0.6) is 11.6 Å². The van der Waals surface area contributed by atoms with Crippen LogP contribution in [0, 0.1) is 0 Å². The van der Waals surface area contributed by atoms with Crippen LogP contribution < -0.4 is 20.5 Å². The van der Waals surface area contributed by atoms with E-state index in [0.717, 1.165) is 0 Å². The van der Waals surface area contributed by atoms with Crippen molar-refractivity contribution in [3.8, 4) is 11.6 Å². The van der Waals surface area contributed by atoms with Gasteiger partial charge in [0.25, 0.3) is 5.88 Å². The monoisotopic (exact) mass is 592 g/mol. The van der Waals surface area contributed by atoms with E-state index in [1.165, 1.54) is 19.0 Å². The Morgan fingerprint density at radius 2 is 2.00 bits per heavy atom. The molecule has 3 heterocycles. The number of ether oxygens (including phenoxy) is 3. The summed E-state index contributed by atoms with van der Waals surface area (Å²) in [6, 6.07) is 2.75. The van der Waals surface area contributed by atoms with Gasteiger partial charge in [-0.25, -0.2) is 19.6 Å². The average molecular weight is 593 g/mol. The number of carbonyl (C=O) groups excluding carboxylic acids is 2. The molecule has 1 aromatic carbocycles. The van der Waals surface area contributed by atoms with Gasteiger partial charge in [0.05, 0.1) is 29.5 Å². The van der Waals surface area contributed by atoms with Crippen molar-refractivity contribution in [3.05, 3.63) is 52.7 Å². The van der Waals surface area contributed by atoms with Gasteiger partial charge < -0.3 is 34.2 Å². The number of primary amides is 1. The van der Waals surface area contributed by atoms with Crippen LogP contribution in [-0.4, -0.2) is 54.1 Å². The minimum atomic E-state index is -1.02. The van der Waals surface area contributed by atoms with Crippen LogP contribution in [0.4, 0.5) is 9.59 Å². The van der Waals surface area contributed by atoms with Crippen LogP contribution in [-0.2, 0) is 11.3 Å². The summed E-state index contributed by atoms with van der Waals surface area (Å²) in [5.74, 6) is 0.656. The molecule has 14 nitrogen and oxygen atoms in total. The molecule has 0 aliphatic carbocycles. The number of nitrogens with zero attached hydrogens (tertiary/aromatic N) is 6. The van der Waals surface area contributed by atoms with E-state index in [9.17, 15) is 9.59 Å². The first-order valence-corrected chi connectivity index (χ1v) is 12.8. The minimum absolute atomic E-state index is 0.0688. The molecule has 16 heteroatoms. The molecule has 0 radical (unpaired) electrons. The SMILES string of the molecule is CC(C)(C)OC(=O)NC(CCCOc1ccc(Cl)c(Cl)c1Cn1cnc2c(OC(N)=O)ncnc21)c1nnco1. The fourth-order valence-electron chi connectivity index (χ4n) is 3.68. The highest BCUT2D eigenvalue weighted by molar-refractivity contribution is 6.42. The topological polar surface area (TPSA) is 182 Å². The molecule has 1 unspecified atom stereocenters. The summed E-state index contributed by atoms with van der Waals surface area (Å²) < 4.78 is 23.3. The van der Waals surface area contributed by atoms with Crippen molar-refractivity contribution in [3.63, 3.8) is 0 Å². The quantitative estimate of drug-likeness (QED) is 0.248. The zero-order valence-electron chi connectivity index (χ0n) is 21.8. The third kappa shape index (κ3) is 7.27. The molecule has 4 aromatic rings. The number of amides is 2. The Hall–Kier alpha value is -4.17. The van der Waals surface area contributed by atoms with Crippen molar-refractivity contribution in [2.24, 2.45) is 5.73 Å². The number of fused-ring (bicyclic) bond motifs is 1. The van der Waals surface area contributed by atoms with Crippen molar-refractivity contribution in [1.82, 2.24) is 35.0 Å². The van der Waals surface area contributed by atoms with E-state index in [1.54, 1.807) is 37.5 Å². The molecule has 0 bridgehead atoms. The van der Waals surface area contributed by atoms with E-state index in [-0.39, 0.29) is 30.4 Å². The van der Waals surface area contributed by atoms with Crippen molar-refractivity contribution in [2.75, 3.05) is 6.61 Å². The Kier molecular flexibility index (Phi) is 8.90. The summed E-state index contributed by atoms with van der Waals surface area (Å²) in [4.78, 5) is 35.9. The lowest BCUT2D eigenvalue weighted by atomic mass is 10.1. The van der Waals surface area contributed by atoms with Gasteiger partial charge in [-0.1, -0.05) is 23.2 Å². The fourth-order valence-corrected chi connectivity index (χ4v) is 4.08. The van der Waals surface area contributed by atoms with Crippen LogP contribution in [0.15, 0.2) is 35.6 Å². The summed E-state index contributed by atoms with van der Waals surface area (Å²) in [6.45, 7) is 5.75. The number of rotatable bonds is 10. The number of carbonyl (C=O) groups is 2. The molecule has 0 spiro atoms. The number of imidazole rings is 1. The van der Waals surface area contributed by atoms with E-state index in [1.807, 2.05) is 0 Å². The number of halogens is 2. The summed E-state index contributed by atoms with van der Waals surface area (Å²) in [6.07, 6.45) is 3.19. The van der Waals surface area contributed by atoms with Gasteiger partial charge in [0.2, 0.25) is 12.3 Å². The van der Waals surface area contributed by atoms with Gasteiger partial charge >= 0.3 is 12.2 Å². The third-order valence-electron chi connectivity index (χ3n) is 5.31. The first-order valence-electron chi connectivity index (χ1n) is 12.0. The lowest BCUT2D eigenvalue weighted by Gasteiger charge is -2.22. The smallest absolute Gasteiger partial charge is 0.411 e. The molecular weight excluding hydrogens is 567 g/mol. The van der Waals surface area contributed by atoms with E-state index in [0.29, 0.717) is 39.8 Å². The maximum atomic E-state index is 12.3. The summed E-state index contributed by atoms with van der Waals surface area (Å²) >= 11 is 12.9. The highest BCUT2D eigenvalue weighted by atomic mass is 35.5. The van der Waals surface area contributed by atoms with E-state index in [2.05, 4.69) is 30.5 Å². The van der Waals surface area contributed by atoms with Gasteiger partial charge in [0.15, 0.2) is 11.2 Å². The number of benzene rings is 1. The van der Waals surface area contributed by atoms with Crippen molar-refractivity contribution in [2.45, 2.75) is 51.8 Å². The second-order valence-corrected chi connectivity index (χ2v) is 10.2. The van der Waals surface area contributed by atoms with Crippen LogP contribution in [0.1, 0.15) is 51.1 Å². The van der Waals surface area contributed by atoms with Crippen LogP contribution in [0.2, 0.25) is 10.0 Å². The molecule has 3 N–H and O–H groups in total. The molecular formula is C24H26Cl2N8O6. The number of hydrogen-bond donors (Lipinski definition) is 2. The Morgan fingerprint density at radius 1 is 1.20 bits per heavy atom. The fraction of sp³-hybridized carbons (Fsp3) is 0.375. The van der Waals surface area contributed by atoms with Crippen LogP contribution >= 0.6 is 23.2 Å². The highest BCUT2D eigenvalue weighted by Crippen LogP contribution is 2.35. The first-order chi connectivity index (χ1) is 19.0. The van der Waals surface area contributed by atoms with Gasteiger partial charge in [-0.3, -0.25) is 0 Å². The lowest BCUT2D eigenvalue weighted by molar-refractivity contribution is 0.0490. The summed E-state index contributed by atoms with van der Waals surface area (Å²) in [5.41, 5.74) is 5.64. The maximum Gasteiger partial charge on any atom is 0.411 e. The van der Waals surface area contributed by atoms with Crippen LogP contribution in [0.3, 0.4) is 0 Å². The number of nitrogens with two attached hydrogens (primary N) is 1. The normalized spacial score (nSPS) is 12.2. The second-order valence-electron chi connectivity index (χ2n) is 9.45. The predicted octanol–water partition coefficient (Wildman–Crippen LogP) is 4.45. The molecule has 3 aromatic heterocycles. The molecule has 2 amide bonds. The van der Waals surface area contributed by atoms with Gasteiger partial charge in [-0.2, -0.15) is 4.98 Å². The van der Waals surface area contributed by atoms with Gasteiger partial charge in [-0.15, -0.1) is 10.2 Å². The molecule has 0 fully saturated rings.